The van der Waals surface area contributed by atoms with Crippen LogP contribution in [0.2, 0.25) is 0 Å². The van der Waals surface area contributed by atoms with Crippen LogP contribution in [-0.4, -0.2) is 35.4 Å². The van der Waals surface area contributed by atoms with E-state index in [1.54, 1.807) is 0 Å². The molecule has 0 aromatic carbocycles. The second-order valence-electron chi connectivity index (χ2n) is 9.15. The topological polar surface area (TPSA) is 72.8 Å². The Kier molecular flexibility index (Phi) is 7.19. The van der Waals surface area contributed by atoms with Gasteiger partial charge in [0.05, 0.1) is 18.4 Å². The number of allylic oxidation sites excluding steroid dienone is 2. The Hall–Kier alpha value is -1.36. The molecular formula is C23H36O5. The second kappa shape index (κ2) is 9.43. The first-order chi connectivity index (χ1) is 13.4. The van der Waals surface area contributed by atoms with Gasteiger partial charge in [0, 0.05) is 12.3 Å². The lowest BCUT2D eigenvalue weighted by Crippen LogP contribution is -2.44. The molecule has 3 rings (SSSR count). The van der Waals surface area contributed by atoms with Gasteiger partial charge in [0.1, 0.15) is 12.2 Å². The zero-order valence-corrected chi connectivity index (χ0v) is 17.5. The van der Waals surface area contributed by atoms with Crippen LogP contribution in [0.15, 0.2) is 12.2 Å². The molecule has 0 aromatic heterocycles. The molecule has 3 aliphatic rings. The van der Waals surface area contributed by atoms with Crippen LogP contribution in [0.25, 0.3) is 0 Å². The molecule has 5 heteroatoms. The van der Waals surface area contributed by atoms with E-state index in [1.807, 2.05) is 13.8 Å². The highest BCUT2D eigenvalue weighted by Crippen LogP contribution is 2.46. The molecule has 0 unspecified atom stereocenters. The highest BCUT2D eigenvalue weighted by molar-refractivity contribution is 5.72. The number of hydrogen-bond donors (Lipinski definition) is 1. The van der Waals surface area contributed by atoms with Crippen molar-refractivity contribution in [2.24, 2.45) is 29.6 Å². The molecular weight excluding hydrogens is 356 g/mol. The van der Waals surface area contributed by atoms with Crippen LogP contribution in [0.3, 0.4) is 0 Å². The van der Waals surface area contributed by atoms with E-state index in [0.717, 1.165) is 38.5 Å². The molecule has 2 aliphatic carbocycles. The van der Waals surface area contributed by atoms with Crippen LogP contribution in [0.4, 0.5) is 0 Å². The summed E-state index contributed by atoms with van der Waals surface area (Å²) in [5, 5.41) is 9.87. The first kappa shape index (κ1) is 21.4. The molecule has 0 spiro atoms. The van der Waals surface area contributed by atoms with Crippen molar-refractivity contribution in [1.82, 2.24) is 0 Å². The maximum absolute atomic E-state index is 12.5. The van der Waals surface area contributed by atoms with Gasteiger partial charge in [-0.25, -0.2) is 0 Å². The minimum absolute atomic E-state index is 0.0165. The summed E-state index contributed by atoms with van der Waals surface area (Å²) in [6.07, 6.45) is 10.2. The minimum atomic E-state index is -0.582. The van der Waals surface area contributed by atoms with Crippen LogP contribution in [0, 0.1) is 29.6 Å². The highest BCUT2D eigenvalue weighted by Gasteiger charge is 2.43. The van der Waals surface area contributed by atoms with Crippen LogP contribution in [0.5, 0.6) is 0 Å². The lowest BCUT2D eigenvalue weighted by atomic mass is 9.62. The van der Waals surface area contributed by atoms with Gasteiger partial charge in [0.25, 0.3) is 0 Å². The third-order valence-corrected chi connectivity index (χ3v) is 7.12. The number of esters is 2. The Morgan fingerprint density at radius 3 is 2.82 bits per heavy atom. The fraction of sp³-hybridized carbons (Fsp3) is 0.826. The van der Waals surface area contributed by atoms with Gasteiger partial charge in [-0.05, 0) is 56.3 Å². The molecule has 1 heterocycles. The van der Waals surface area contributed by atoms with Gasteiger partial charge in [-0.3, -0.25) is 9.59 Å². The Labute approximate surface area is 168 Å². The van der Waals surface area contributed by atoms with Gasteiger partial charge in [0.15, 0.2) is 0 Å². The third-order valence-electron chi connectivity index (χ3n) is 7.12. The van der Waals surface area contributed by atoms with Gasteiger partial charge in [-0.15, -0.1) is 0 Å². The molecule has 0 radical (unpaired) electrons. The molecule has 1 saturated heterocycles. The Balaban J connectivity index is 1.68. The molecule has 0 aromatic rings. The number of cyclic esters (lactones) is 1. The molecule has 0 bridgehead atoms. The molecule has 0 amide bonds. The summed E-state index contributed by atoms with van der Waals surface area (Å²) in [7, 11) is 0. The van der Waals surface area contributed by atoms with Crippen molar-refractivity contribution < 1.29 is 24.2 Å². The van der Waals surface area contributed by atoms with Crippen LogP contribution < -0.4 is 0 Å². The number of hydrogen-bond acceptors (Lipinski definition) is 5. The third kappa shape index (κ3) is 4.97. The smallest absolute Gasteiger partial charge is 0.308 e. The molecule has 1 saturated carbocycles. The van der Waals surface area contributed by atoms with Gasteiger partial charge in [-0.1, -0.05) is 32.9 Å². The quantitative estimate of drug-likeness (QED) is 0.546. The monoisotopic (exact) mass is 392 g/mol. The lowest BCUT2D eigenvalue weighted by Gasteiger charge is -2.46. The van der Waals surface area contributed by atoms with Crippen LogP contribution in [0.1, 0.15) is 72.1 Å². The predicted octanol–water partition coefficient (Wildman–Crippen LogP) is 4.03. The van der Waals surface area contributed by atoms with E-state index in [-0.39, 0.29) is 36.5 Å². The molecule has 1 N–H and O–H groups in total. The Morgan fingerprint density at radius 2 is 2.11 bits per heavy atom. The largest absolute Gasteiger partial charge is 0.462 e. The number of aliphatic hydroxyl groups excluding tert-OH is 1. The first-order valence-corrected chi connectivity index (χ1v) is 11.1. The number of fused-ring (bicyclic) bond motifs is 1. The van der Waals surface area contributed by atoms with Gasteiger partial charge >= 0.3 is 11.9 Å². The van der Waals surface area contributed by atoms with E-state index in [0.29, 0.717) is 30.1 Å². The summed E-state index contributed by atoms with van der Waals surface area (Å²) in [5.74, 6) is 1.19. The molecule has 158 valence electrons. The number of aliphatic hydroxyl groups is 1. The summed E-state index contributed by atoms with van der Waals surface area (Å²) in [6.45, 7) is 6.19. The summed E-state index contributed by atoms with van der Waals surface area (Å²) in [4.78, 5) is 24.1. The van der Waals surface area contributed by atoms with Crippen molar-refractivity contribution in [3.8, 4) is 0 Å². The van der Waals surface area contributed by atoms with Gasteiger partial charge in [0.2, 0.25) is 0 Å². The fourth-order valence-electron chi connectivity index (χ4n) is 5.29. The van der Waals surface area contributed by atoms with Crippen LogP contribution >= 0.6 is 0 Å². The zero-order valence-electron chi connectivity index (χ0n) is 17.5. The van der Waals surface area contributed by atoms with E-state index in [4.69, 9.17) is 9.47 Å². The van der Waals surface area contributed by atoms with Gasteiger partial charge in [-0.2, -0.15) is 0 Å². The van der Waals surface area contributed by atoms with E-state index >= 15 is 0 Å². The summed E-state index contributed by atoms with van der Waals surface area (Å²) in [6, 6.07) is 0. The van der Waals surface area contributed by atoms with Crippen molar-refractivity contribution in [3.05, 3.63) is 12.2 Å². The van der Waals surface area contributed by atoms with Gasteiger partial charge < -0.3 is 14.6 Å². The molecule has 28 heavy (non-hydrogen) atoms. The van der Waals surface area contributed by atoms with E-state index in [2.05, 4.69) is 19.1 Å². The number of ether oxygens (including phenoxy) is 2. The van der Waals surface area contributed by atoms with Crippen LogP contribution in [-0.2, 0) is 19.1 Å². The minimum Gasteiger partial charge on any atom is -0.462 e. The molecule has 2 fully saturated rings. The Morgan fingerprint density at radius 1 is 1.32 bits per heavy atom. The van der Waals surface area contributed by atoms with Crippen molar-refractivity contribution in [1.29, 1.82) is 0 Å². The molecule has 5 nitrogen and oxygen atoms in total. The number of carbonyl (C=O) groups excluding carboxylic acids is 2. The predicted molar refractivity (Wildman–Crippen MR) is 106 cm³/mol. The maximum atomic E-state index is 12.5. The normalized spacial score (nSPS) is 39.0. The average molecular weight is 393 g/mol. The second-order valence-corrected chi connectivity index (χ2v) is 9.15. The standard InChI is InChI=1S/C23H36O5/c1-4-14(2)23(26)28-20-7-5-6-16-9-8-15(3)19(22(16)20)11-10-18-12-17(24)13-21(25)27-18/h8-9,14-20,22,24H,4-7,10-13H2,1-3H3/t14-,15-,16+,17+,18+,19-,20-,22+/m0/s1. The van der Waals surface area contributed by atoms with Crippen molar-refractivity contribution in [3.63, 3.8) is 0 Å². The summed E-state index contributed by atoms with van der Waals surface area (Å²) < 4.78 is 11.5. The molecule has 1 aliphatic heterocycles. The number of carbonyl (C=O) groups is 2. The Bertz CT molecular complexity index is 586. The van der Waals surface area contributed by atoms with E-state index < -0.39 is 6.10 Å². The first-order valence-electron chi connectivity index (χ1n) is 11.1. The van der Waals surface area contributed by atoms with E-state index in [9.17, 15) is 14.7 Å². The molecule has 8 atom stereocenters. The average Bonchev–Trinajstić information content (AvgIpc) is 2.66. The van der Waals surface area contributed by atoms with E-state index in [1.165, 1.54) is 0 Å². The summed E-state index contributed by atoms with van der Waals surface area (Å²) >= 11 is 0. The van der Waals surface area contributed by atoms with Crippen molar-refractivity contribution in [2.45, 2.75) is 90.4 Å². The zero-order chi connectivity index (χ0) is 20.3. The number of rotatable bonds is 6. The SMILES string of the molecule is CC[C@H](C)C(=O)O[C@H]1CCC[C@@H]2C=C[C@H](C)[C@H](CC[C@@H]3C[C@@H](O)CC(=O)O3)[C@H]12. The van der Waals surface area contributed by atoms with Crippen molar-refractivity contribution in [2.75, 3.05) is 0 Å². The summed E-state index contributed by atoms with van der Waals surface area (Å²) in [5.41, 5.74) is 0. The highest BCUT2D eigenvalue weighted by atomic mass is 16.5. The maximum Gasteiger partial charge on any atom is 0.308 e. The fourth-order valence-corrected chi connectivity index (χ4v) is 5.29. The van der Waals surface area contributed by atoms with Crippen molar-refractivity contribution >= 4 is 11.9 Å². The lowest BCUT2D eigenvalue weighted by molar-refractivity contribution is -0.164.